The first-order valence-electron chi connectivity index (χ1n) is 7.16. The predicted molar refractivity (Wildman–Crippen MR) is 91.7 cm³/mol. The number of anilines is 1. The summed E-state index contributed by atoms with van der Waals surface area (Å²) in [5.74, 6) is 1.42. The van der Waals surface area contributed by atoms with Gasteiger partial charge in [0.2, 0.25) is 0 Å². The zero-order valence-electron chi connectivity index (χ0n) is 13.1. The van der Waals surface area contributed by atoms with Crippen molar-refractivity contribution in [2.24, 2.45) is 0 Å². The van der Waals surface area contributed by atoms with Crippen LogP contribution in [0.5, 0.6) is 11.5 Å². The average Bonchev–Trinajstić information content (AvgIpc) is 2.54. The van der Waals surface area contributed by atoms with Gasteiger partial charge in [-0.25, -0.2) is 4.79 Å². The summed E-state index contributed by atoms with van der Waals surface area (Å²) >= 11 is 5.88. The maximum absolute atomic E-state index is 11.8. The minimum atomic E-state index is -0.287. The highest BCUT2D eigenvalue weighted by molar-refractivity contribution is 6.30. The van der Waals surface area contributed by atoms with Crippen LogP contribution < -0.4 is 20.1 Å². The molecule has 0 bridgehead atoms. The van der Waals surface area contributed by atoms with Crippen molar-refractivity contribution in [2.75, 3.05) is 25.6 Å². The summed E-state index contributed by atoms with van der Waals surface area (Å²) in [4.78, 5) is 11.8. The molecule has 6 heteroatoms. The molecule has 0 aliphatic rings. The third-order valence-corrected chi connectivity index (χ3v) is 3.37. The molecule has 0 aliphatic carbocycles. The van der Waals surface area contributed by atoms with E-state index in [4.69, 9.17) is 21.1 Å². The number of carbonyl (C=O) groups excluding carboxylic acids is 1. The van der Waals surface area contributed by atoms with Crippen molar-refractivity contribution in [3.8, 4) is 11.5 Å². The first-order valence-corrected chi connectivity index (χ1v) is 7.54. The molecule has 0 radical (unpaired) electrons. The molecule has 0 heterocycles. The number of nitrogens with one attached hydrogen (secondary N) is 2. The summed E-state index contributed by atoms with van der Waals surface area (Å²) < 4.78 is 10.7. The zero-order chi connectivity index (χ0) is 16.7. The van der Waals surface area contributed by atoms with Crippen molar-refractivity contribution < 1.29 is 14.3 Å². The number of rotatable bonds is 6. The number of benzene rings is 2. The Morgan fingerprint density at radius 2 is 1.96 bits per heavy atom. The van der Waals surface area contributed by atoms with Crippen LogP contribution in [0.3, 0.4) is 0 Å². The lowest BCUT2D eigenvalue weighted by Gasteiger charge is -2.11. The van der Waals surface area contributed by atoms with Gasteiger partial charge in [-0.2, -0.15) is 0 Å². The minimum Gasteiger partial charge on any atom is -0.497 e. The maximum atomic E-state index is 11.8. The third-order valence-electron chi connectivity index (χ3n) is 3.13. The molecule has 122 valence electrons. The Balaban J connectivity index is 1.74. The Bertz CT molecular complexity index is 677. The molecule has 2 aromatic carbocycles. The van der Waals surface area contributed by atoms with Crippen molar-refractivity contribution >= 4 is 23.3 Å². The van der Waals surface area contributed by atoms with Gasteiger partial charge in [-0.05, 0) is 42.8 Å². The Morgan fingerprint density at radius 3 is 2.70 bits per heavy atom. The molecule has 0 fully saturated rings. The normalized spacial score (nSPS) is 10.0. The van der Waals surface area contributed by atoms with Gasteiger partial charge in [-0.15, -0.1) is 0 Å². The van der Waals surface area contributed by atoms with Crippen molar-refractivity contribution in [1.29, 1.82) is 0 Å². The first kappa shape index (κ1) is 17.0. The second-order valence-electron chi connectivity index (χ2n) is 4.87. The molecule has 0 saturated carbocycles. The molecule has 23 heavy (non-hydrogen) atoms. The lowest BCUT2D eigenvalue weighted by Crippen LogP contribution is -2.32. The SMILES string of the molecule is COc1cccc(OCCNC(=O)Nc2ccc(Cl)cc2C)c1. The summed E-state index contributed by atoms with van der Waals surface area (Å²) in [6, 6.07) is 12.3. The summed E-state index contributed by atoms with van der Waals surface area (Å²) in [5.41, 5.74) is 1.63. The van der Waals surface area contributed by atoms with Crippen LogP contribution in [0.2, 0.25) is 5.02 Å². The number of hydrogen-bond acceptors (Lipinski definition) is 3. The van der Waals surface area contributed by atoms with E-state index >= 15 is 0 Å². The molecule has 2 amide bonds. The number of amides is 2. The first-order chi connectivity index (χ1) is 11.1. The fourth-order valence-electron chi connectivity index (χ4n) is 1.96. The fraction of sp³-hybridized carbons (Fsp3) is 0.235. The summed E-state index contributed by atoms with van der Waals surface area (Å²) in [5, 5.41) is 6.14. The van der Waals surface area contributed by atoms with E-state index in [2.05, 4.69) is 10.6 Å². The molecule has 0 unspecified atom stereocenters. The van der Waals surface area contributed by atoms with E-state index in [1.54, 1.807) is 31.4 Å². The predicted octanol–water partition coefficient (Wildman–Crippen LogP) is 3.86. The highest BCUT2D eigenvalue weighted by Crippen LogP contribution is 2.20. The van der Waals surface area contributed by atoms with Crippen molar-refractivity contribution in [3.05, 3.63) is 53.1 Å². The van der Waals surface area contributed by atoms with E-state index in [9.17, 15) is 4.79 Å². The number of ether oxygens (including phenoxy) is 2. The second kappa shape index (κ2) is 8.29. The highest BCUT2D eigenvalue weighted by atomic mass is 35.5. The lowest BCUT2D eigenvalue weighted by atomic mass is 10.2. The lowest BCUT2D eigenvalue weighted by molar-refractivity contribution is 0.247. The van der Waals surface area contributed by atoms with E-state index in [0.29, 0.717) is 23.9 Å². The van der Waals surface area contributed by atoms with Crippen molar-refractivity contribution in [1.82, 2.24) is 5.32 Å². The summed E-state index contributed by atoms with van der Waals surface area (Å²) in [7, 11) is 1.60. The quantitative estimate of drug-likeness (QED) is 0.789. The molecule has 0 saturated heterocycles. The minimum absolute atomic E-state index is 0.287. The van der Waals surface area contributed by atoms with Crippen LogP contribution in [-0.2, 0) is 0 Å². The van der Waals surface area contributed by atoms with E-state index in [1.165, 1.54) is 0 Å². The topological polar surface area (TPSA) is 59.6 Å². The van der Waals surface area contributed by atoms with Gasteiger partial charge >= 0.3 is 6.03 Å². The summed E-state index contributed by atoms with van der Waals surface area (Å²) in [6.07, 6.45) is 0. The van der Waals surface area contributed by atoms with Crippen molar-refractivity contribution in [2.45, 2.75) is 6.92 Å². The van der Waals surface area contributed by atoms with Crippen LogP contribution in [0.15, 0.2) is 42.5 Å². The van der Waals surface area contributed by atoms with Gasteiger partial charge in [0.1, 0.15) is 18.1 Å². The van der Waals surface area contributed by atoms with Gasteiger partial charge in [0.05, 0.1) is 13.7 Å². The largest absolute Gasteiger partial charge is 0.497 e. The van der Waals surface area contributed by atoms with Gasteiger partial charge in [0, 0.05) is 16.8 Å². The van der Waals surface area contributed by atoms with Gasteiger partial charge in [0.15, 0.2) is 0 Å². The Kier molecular flexibility index (Phi) is 6.11. The van der Waals surface area contributed by atoms with Crippen LogP contribution >= 0.6 is 11.6 Å². The molecule has 0 atom stereocenters. The number of hydrogen-bond donors (Lipinski definition) is 2. The molecule has 2 N–H and O–H groups in total. The number of aryl methyl sites for hydroxylation is 1. The third kappa shape index (κ3) is 5.38. The Morgan fingerprint density at radius 1 is 1.17 bits per heavy atom. The molecule has 2 rings (SSSR count). The van der Waals surface area contributed by atoms with Crippen molar-refractivity contribution in [3.63, 3.8) is 0 Å². The molecule has 0 spiro atoms. The highest BCUT2D eigenvalue weighted by Gasteiger charge is 2.04. The van der Waals surface area contributed by atoms with Crippen LogP contribution in [0, 0.1) is 6.92 Å². The number of urea groups is 1. The van der Waals surface area contributed by atoms with Crippen LogP contribution in [0.4, 0.5) is 10.5 Å². The maximum Gasteiger partial charge on any atom is 0.319 e. The number of methoxy groups -OCH3 is 1. The van der Waals surface area contributed by atoms with E-state index in [0.717, 1.165) is 17.0 Å². The Labute approximate surface area is 140 Å². The van der Waals surface area contributed by atoms with Crippen LogP contribution in [-0.4, -0.2) is 26.3 Å². The van der Waals surface area contributed by atoms with Gasteiger partial charge in [0.25, 0.3) is 0 Å². The molecule has 5 nitrogen and oxygen atoms in total. The molecule has 0 aliphatic heterocycles. The van der Waals surface area contributed by atoms with Gasteiger partial charge in [-0.3, -0.25) is 0 Å². The van der Waals surface area contributed by atoms with Gasteiger partial charge < -0.3 is 20.1 Å². The Hall–Kier alpha value is -2.40. The standard InChI is InChI=1S/C17H19ClN2O3/c1-12-10-13(18)6-7-16(12)20-17(21)19-8-9-23-15-5-3-4-14(11-15)22-2/h3-7,10-11H,8-9H2,1-2H3,(H2,19,20,21). The van der Waals surface area contributed by atoms with Crippen LogP contribution in [0.25, 0.3) is 0 Å². The molecule has 2 aromatic rings. The number of carbonyl (C=O) groups is 1. The molecule has 0 aromatic heterocycles. The number of halogens is 1. The monoisotopic (exact) mass is 334 g/mol. The van der Waals surface area contributed by atoms with E-state index in [1.807, 2.05) is 25.1 Å². The molecular formula is C17H19ClN2O3. The van der Waals surface area contributed by atoms with E-state index < -0.39 is 0 Å². The average molecular weight is 335 g/mol. The van der Waals surface area contributed by atoms with Gasteiger partial charge in [-0.1, -0.05) is 17.7 Å². The smallest absolute Gasteiger partial charge is 0.319 e. The fourth-order valence-corrected chi connectivity index (χ4v) is 2.18. The van der Waals surface area contributed by atoms with E-state index in [-0.39, 0.29) is 6.03 Å². The zero-order valence-corrected chi connectivity index (χ0v) is 13.8. The molecular weight excluding hydrogens is 316 g/mol. The summed E-state index contributed by atoms with van der Waals surface area (Å²) in [6.45, 7) is 2.63. The van der Waals surface area contributed by atoms with Crippen LogP contribution in [0.1, 0.15) is 5.56 Å². The second-order valence-corrected chi connectivity index (χ2v) is 5.30.